The van der Waals surface area contributed by atoms with Gasteiger partial charge in [0.2, 0.25) is 0 Å². The molecule has 0 aliphatic carbocycles. The molecule has 2 aromatic heterocycles. The molecule has 18 heavy (non-hydrogen) atoms. The molecule has 2 aromatic rings. The highest BCUT2D eigenvalue weighted by atomic mass is 127. The van der Waals surface area contributed by atoms with Crippen LogP contribution >= 0.6 is 34.2 Å². The van der Waals surface area contributed by atoms with Crippen LogP contribution in [0.3, 0.4) is 0 Å². The zero-order valence-corrected chi connectivity index (χ0v) is 12.7. The SMILES string of the molecule is CN(Cc1c(Cl)cnn1C)C(=O)c1[nH]ncc1I. The second kappa shape index (κ2) is 5.27. The van der Waals surface area contributed by atoms with Crippen LogP contribution in [-0.4, -0.2) is 37.8 Å². The lowest BCUT2D eigenvalue weighted by atomic mass is 10.3. The molecule has 0 fully saturated rings. The van der Waals surface area contributed by atoms with Crippen LogP contribution in [0.25, 0.3) is 0 Å². The molecule has 0 saturated heterocycles. The third-order valence-electron chi connectivity index (χ3n) is 2.55. The number of nitrogens with zero attached hydrogens (tertiary/aromatic N) is 4. The highest BCUT2D eigenvalue weighted by Gasteiger charge is 2.19. The molecule has 96 valence electrons. The van der Waals surface area contributed by atoms with Crippen LogP contribution < -0.4 is 0 Å². The van der Waals surface area contributed by atoms with Crippen LogP contribution in [0.4, 0.5) is 0 Å². The summed E-state index contributed by atoms with van der Waals surface area (Å²) in [5.41, 5.74) is 1.28. The molecule has 0 saturated carbocycles. The van der Waals surface area contributed by atoms with Gasteiger partial charge in [0.25, 0.3) is 5.91 Å². The second-order valence-corrected chi connectivity index (χ2v) is 5.39. The van der Waals surface area contributed by atoms with Gasteiger partial charge in [-0.15, -0.1) is 0 Å². The van der Waals surface area contributed by atoms with Crippen LogP contribution in [0.5, 0.6) is 0 Å². The van der Waals surface area contributed by atoms with Crippen molar-refractivity contribution in [1.29, 1.82) is 0 Å². The van der Waals surface area contributed by atoms with E-state index in [0.29, 0.717) is 17.3 Å². The van der Waals surface area contributed by atoms with Crippen LogP contribution in [0.15, 0.2) is 12.4 Å². The number of aromatic amines is 1. The predicted octanol–water partition coefficient (Wildman–Crippen LogP) is 1.67. The Morgan fingerprint density at radius 2 is 2.33 bits per heavy atom. The van der Waals surface area contributed by atoms with Gasteiger partial charge in [0, 0.05) is 14.1 Å². The van der Waals surface area contributed by atoms with Crippen molar-refractivity contribution in [3.8, 4) is 0 Å². The van der Waals surface area contributed by atoms with E-state index in [1.165, 1.54) is 0 Å². The lowest BCUT2D eigenvalue weighted by Gasteiger charge is -2.16. The summed E-state index contributed by atoms with van der Waals surface area (Å²) in [5, 5.41) is 11.1. The number of nitrogens with one attached hydrogen (secondary N) is 1. The molecule has 0 bridgehead atoms. The molecule has 0 unspecified atom stereocenters. The fourth-order valence-electron chi connectivity index (χ4n) is 1.52. The molecule has 1 amide bonds. The van der Waals surface area contributed by atoms with Crippen LogP contribution in [0.1, 0.15) is 16.2 Å². The Kier molecular flexibility index (Phi) is 3.91. The fourth-order valence-corrected chi connectivity index (χ4v) is 2.24. The van der Waals surface area contributed by atoms with E-state index in [1.807, 2.05) is 0 Å². The Hall–Kier alpha value is -1.09. The van der Waals surface area contributed by atoms with Crippen molar-refractivity contribution in [1.82, 2.24) is 24.9 Å². The number of amides is 1. The maximum atomic E-state index is 12.2. The van der Waals surface area contributed by atoms with E-state index >= 15 is 0 Å². The lowest BCUT2D eigenvalue weighted by Crippen LogP contribution is -2.28. The summed E-state index contributed by atoms with van der Waals surface area (Å²) in [5.74, 6) is -0.130. The molecule has 8 heteroatoms. The minimum absolute atomic E-state index is 0.130. The molecule has 0 aromatic carbocycles. The van der Waals surface area contributed by atoms with Gasteiger partial charge in [-0.1, -0.05) is 11.6 Å². The molecule has 0 atom stereocenters. The van der Waals surface area contributed by atoms with Crippen LogP contribution in [-0.2, 0) is 13.6 Å². The van der Waals surface area contributed by atoms with Gasteiger partial charge in [0.05, 0.1) is 33.2 Å². The average Bonchev–Trinajstić information content (AvgIpc) is 2.88. The quantitative estimate of drug-likeness (QED) is 0.825. The fraction of sp³-hybridized carbons (Fsp3) is 0.300. The number of aromatic nitrogens is 4. The van der Waals surface area contributed by atoms with Crippen molar-refractivity contribution < 1.29 is 4.79 Å². The zero-order valence-electron chi connectivity index (χ0n) is 9.81. The van der Waals surface area contributed by atoms with Gasteiger partial charge >= 0.3 is 0 Å². The van der Waals surface area contributed by atoms with Crippen LogP contribution in [0, 0.1) is 3.57 Å². The maximum Gasteiger partial charge on any atom is 0.273 e. The predicted molar refractivity (Wildman–Crippen MR) is 75.3 cm³/mol. The number of halogens is 2. The monoisotopic (exact) mass is 379 g/mol. The van der Waals surface area contributed by atoms with Gasteiger partial charge in [-0.25, -0.2) is 0 Å². The number of carbonyl (C=O) groups excluding carboxylic acids is 1. The summed E-state index contributed by atoms with van der Waals surface area (Å²) in [6, 6.07) is 0. The van der Waals surface area contributed by atoms with Crippen molar-refractivity contribution in [2.75, 3.05) is 7.05 Å². The average molecular weight is 380 g/mol. The summed E-state index contributed by atoms with van der Waals surface area (Å²) in [6.45, 7) is 0.392. The topological polar surface area (TPSA) is 66.8 Å². The van der Waals surface area contributed by atoms with E-state index in [9.17, 15) is 4.79 Å². The lowest BCUT2D eigenvalue weighted by molar-refractivity contribution is 0.0775. The first-order chi connectivity index (χ1) is 8.50. The van der Waals surface area contributed by atoms with E-state index in [1.54, 1.807) is 36.1 Å². The number of carbonyl (C=O) groups is 1. The third-order valence-corrected chi connectivity index (χ3v) is 3.68. The molecule has 2 heterocycles. The Labute approximate surface area is 122 Å². The van der Waals surface area contributed by atoms with E-state index < -0.39 is 0 Å². The van der Waals surface area contributed by atoms with Gasteiger partial charge in [-0.05, 0) is 22.6 Å². The minimum Gasteiger partial charge on any atom is -0.334 e. The highest BCUT2D eigenvalue weighted by Crippen LogP contribution is 2.17. The van der Waals surface area contributed by atoms with Gasteiger partial charge in [-0.3, -0.25) is 14.6 Å². The molecule has 2 rings (SSSR count). The Bertz CT molecular complexity index is 559. The van der Waals surface area contributed by atoms with E-state index in [-0.39, 0.29) is 5.91 Å². The van der Waals surface area contributed by atoms with E-state index in [0.717, 1.165) is 9.26 Å². The second-order valence-electron chi connectivity index (χ2n) is 3.82. The first kappa shape index (κ1) is 13.3. The van der Waals surface area contributed by atoms with Crippen molar-refractivity contribution >= 4 is 40.1 Å². The number of hydrogen-bond acceptors (Lipinski definition) is 3. The first-order valence-corrected chi connectivity index (χ1v) is 6.57. The van der Waals surface area contributed by atoms with E-state index in [4.69, 9.17) is 11.6 Å². The van der Waals surface area contributed by atoms with Crippen molar-refractivity contribution in [3.63, 3.8) is 0 Å². The number of H-pyrrole nitrogens is 1. The molecule has 0 aliphatic heterocycles. The molecule has 1 N–H and O–H groups in total. The summed E-state index contributed by atoms with van der Waals surface area (Å²) in [4.78, 5) is 13.7. The Balaban J connectivity index is 2.16. The molecular weight excluding hydrogens is 369 g/mol. The molecule has 0 spiro atoms. The summed E-state index contributed by atoms with van der Waals surface area (Å²) in [6.07, 6.45) is 3.17. The highest BCUT2D eigenvalue weighted by molar-refractivity contribution is 14.1. The van der Waals surface area contributed by atoms with Gasteiger partial charge in [0.1, 0.15) is 5.69 Å². The largest absolute Gasteiger partial charge is 0.334 e. The van der Waals surface area contributed by atoms with Gasteiger partial charge < -0.3 is 4.90 Å². The minimum atomic E-state index is -0.130. The third kappa shape index (κ3) is 2.51. The molecule has 0 radical (unpaired) electrons. The zero-order chi connectivity index (χ0) is 13.3. The standard InChI is InChI=1S/C10H11ClIN5O/c1-16(5-8-6(11)3-14-17(8)2)10(18)9-7(12)4-13-15-9/h3-4H,5H2,1-2H3,(H,13,15). The summed E-state index contributed by atoms with van der Waals surface area (Å²) >= 11 is 8.07. The van der Waals surface area contributed by atoms with E-state index in [2.05, 4.69) is 37.9 Å². The van der Waals surface area contributed by atoms with Crippen molar-refractivity contribution in [2.45, 2.75) is 6.54 Å². The smallest absolute Gasteiger partial charge is 0.273 e. The maximum absolute atomic E-state index is 12.2. The number of hydrogen-bond donors (Lipinski definition) is 1. The van der Waals surface area contributed by atoms with Crippen LogP contribution in [0.2, 0.25) is 5.02 Å². The Morgan fingerprint density at radius 3 is 2.83 bits per heavy atom. The number of aryl methyl sites for hydroxylation is 1. The van der Waals surface area contributed by atoms with Gasteiger partial charge in [-0.2, -0.15) is 10.2 Å². The first-order valence-electron chi connectivity index (χ1n) is 5.11. The normalized spacial score (nSPS) is 10.7. The van der Waals surface area contributed by atoms with Crippen molar-refractivity contribution in [2.24, 2.45) is 7.05 Å². The van der Waals surface area contributed by atoms with Gasteiger partial charge in [0.15, 0.2) is 0 Å². The summed E-state index contributed by atoms with van der Waals surface area (Å²) in [7, 11) is 3.50. The Morgan fingerprint density at radius 1 is 1.61 bits per heavy atom. The summed E-state index contributed by atoms with van der Waals surface area (Å²) < 4.78 is 2.45. The van der Waals surface area contributed by atoms with Crippen molar-refractivity contribution in [3.05, 3.63) is 32.4 Å². The molecule has 0 aliphatic rings. The number of rotatable bonds is 3. The molecule has 6 nitrogen and oxygen atoms in total. The molecular formula is C10H11ClIN5O.